The molecular weight excluding hydrogens is 310 g/mol. The Balaban J connectivity index is 1.71. The normalized spacial score (nSPS) is 14.7. The van der Waals surface area contributed by atoms with Crippen molar-refractivity contribution in [2.24, 2.45) is 0 Å². The summed E-state index contributed by atoms with van der Waals surface area (Å²) < 4.78 is 5.49. The third-order valence-electron chi connectivity index (χ3n) is 4.70. The van der Waals surface area contributed by atoms with Gasteiger partial charge in [-0.25, -0.2) is 4.98 Å². The number of hydrogen-bond acceptors (Lipinski definition) is 4. The molecule has 25 heavy (non-hydrogen) atoms. The predicted molar refractivity (Wildman–Crippen MR) is 103 cm³/mol. The van der Waals surface area contributed by atoms with Crippen molar-refractivity contribution in [2.75, 3.05) is 36.5 Å². The number of anilines is 2. The average molecular weight is 333 g/mol. The summed E-state index contributed by atoms with van der Waals surface area (Å²) in [5.74, 6) is 1.07. The first-order chi connectivity index (χ1) is 12.3. The van der Waals surface area contributed by atoms with Gasteiger partial charge in [0.05, 0.1) is 24.6 Å². The molecule has 4 heteroatoms. The maximum atomic E-state index is 5.49. The van der Waals surface area contributed by atoms with Crippen molar-refractivity contribution in [2.45, 2.75) is 13.5 Å². The van der Waals surface area contributed by atoms with Gasteiger partial charge in [-0.3, -0.25) is 0 Å². The summed E-state index contributed by atoms with van der Waals surface area (Å²) in [6, 6.07) is 19.0. The molecule has 1 aliphatic heterocycles. The van der Waals surface area contributed by atoms with Crippen molar-refractivity contribution in [1.82, 2.24) is 4.98 Å². The number of ether oxygens (including phenoxy) is 1. The zero-order valence-corrected chi connectivity index (χ0v) is 14.5. The van der Waals surface area contributed by atoms with Crippen LogP contribution >= 0.6 is 0 Å². The van der Waals surface area contributed by atoms with E-state index in [1.807, 2.05) is 6.07 Å². The molecule has 4 rings (SSSR count). The Hall–Kier alpha value is -2.59. The molecule has 0 aliphatic carbocycles. The molecule has 1 saturated heterocycles. The summed E-state index contributed by atoms with van der Waals surface area (Å²) in [5, 5.41) is 6.03. The second-order valence-electron chi connectivity index (χ2n) is 6.38. The third-order valence-corrected chi connectivity index (χ3v) is 4.70. The Bertz CT molecular complexity index is 858. The molecule has 2 heterocycles. The number of rotatable bonds is 4. The maximum absolute atomic E-state index is 5.49. The summed E-state index contributed by atoms with van der Waals surface area (Å²) in [6.07, 6.45) is 0. The highest BCUT2D eigenvalue weighted by molar-refractivity contribution is 6.01. The van der Waals surface area contributed by atoms with Gasteiger partial charge in [-0.1, -0.05) is 54.6 Å². The highest BCUT2D eigenvalue weighted by Gasteiger charge is 2.18. The summed E-state index contributed by atoms with van der Waals surface area (Å²) in [4.78, 5) is 7.28. The molecule has 0 unspecified atom stereocenters. The first kappa shape index (κ1) is 15.9. The van der Waals surface area contributed by atoms with Crippen LogP contribution in [0, 0.1) is 6.92 Å². The van der Waals surface area contributed by atoms with Gasteiger partial charge in [0.25, 0.3) is 0 Å². The number of nitrogens with one attached hydrogen (secondary N) is 1. The minimum Gasteiger partial charge on any atom is -0.379 e. The zero-order chi connectivity index (χ0) is 17.1. The second-order valence-corrected chi connectivity index (χ2v) is 6.38. The average Bonchev–Trinajstić information content (AvgIpc) is 2.68. The van der Waals surface area contributed by atoms with Crippen LogP contribution in [0.25, 0.3) is 10.8 Å². The number of hydrogen-bond donors (Lipinski definition) is 1. The number of pyridine rings is 1. The molecule has 0 bridgehead atoms. The first-order valence-corrected chi connectivity index (χ1v) is 8.83. The fourth-order valence-electron chi connectivity index (χ4n) is 3.39. The Morgan fingerprint density at radius 1 is 0.960 bits per heavy atom. The minimum absolute atomic E-state index is 0.767. The summed E-state index contributed by atoms with van der Waals surface area (Å²) >= 11 is 0. The van der Waals surface area contributed by atoms with Crippen LogP contribution in [0.5, 0.6) is 0 Å². The topological polar surface area (TPSA) is 37.4 Å². The maximum Gasteiger partial charge on any atom is 0.137 e. The second kappa shape index (κ2) is 7.11. The molecule has 1 fully saturated rings. The van der Waals surface area contributed by atoms with E-state index in [4.69, 9.17) is 9.72 Å². The lowest BCUT2D eigenvalue weighted by Crippen LogP contribution is -2.37. The van der Waals surface area contributed by atoms with E-state index in [1.165, 1.54) is 16.3 Å². The van der Waals surface area contributed by atoms with Gasteiger partial charge in [0.1, 0.15) is 5.82 Å². The highest BCUT2D eigenvalue weighted by Crippen LogP contribution is 2.33. The molecule has 0 amide bonds. The molecule has 0 atom stereocenters. The summed E-state index contributed by atoms with van der Waals surface area (Å²) in [5.41, 5.74) is 3.43. The number of morpholine rings is 1. The Kier molecular flexibility index (Phi) is 4.53. The molecule has 1 N–H and O–H groups in total. The molecule has 1 aromatic heterocycles. The lowest BCUT2D eigenvalue weighted by Gasteiger charge is -2.29. The first-order valence-electron chi connectivity index (χ1n) is 8.83. The Labute approximate surface area is 148 Å². The molecule has 2 aromatic carbocycles. The van der Waals surface area contributed by atoms with E-state index < -0.39 is 0 Å². The highest BCUT2D eigenvalue weighted by atomic mass is 16.5. The van der Waals surface area contributed by atoms with Gasteiger partial charge in [0, 0.05) is 30.4 Å². The van der Waals surface area contributed by atoms with E-state index in [9.17, 15) is 0 Å². The van der Waals surface area contributed by atoms with Crippen LogP contribution in [0.3, 0.4) is 0 Å². The van der Waals surface area contributed by atoms with E-state index >= 15 is 0 Å². The van der Waals surface area contributed by atoms with Crippen molar-refractivity contribution < 1.29 is 4.74 Å². The van der Waals surface area contributed by atoms with Crippen LogP contribution in [-0.4, -0.2) is 31.3 Å². The van der Waals surface area contributed by atoms with Crippen molar-refractivity contribution in [3.05, 3.63) is 65.9 Å². The van der Waals surface area contributed by atoms with Gasteiger partial charge in [0.2, 0.25) is 0 Å². The quantitative estimate of drug-likeness (QED) is 0.783. The van der Waals surface area contributed by atoms with E-state index in [1.54, 1.807) is 0 Å². The smallest absolute Gasteiger partial charge is 0.137 e. The number of fused-ring (bicyclic) bond motifs is 1. The molecule has 3 aromatic rings. The number of aryl methyl sites for hydroxylation is 1. The Morgan fingerprint density at radius 3 is 2.40 bits per heavy atom. The lowest BCUT2D eigenvalue weighted by molar-refractivity contribution is 0.122. The van der Waals surface area contributed by atoms with E-state index in [0.29, 0.717) is 0 Å². The third kappa shape index (κ3) is 3.30. The van der Waals surface area contributed by atoms with Crippen molar-refractivity contribution in [1.29, 1.82) is 0 Å². The van der Waals surface area contributed by atoms with Gasteiger partial charge < -0.3 is 15.0 Å². The molecule has 4 nitrogen and oxygen atoms in total. The van der Waals surface area contributed by atoms with Crippen LogP contribution in [0.4, 0.5) is 11.5 Å². The standard InChI is InChI=1S/C21H23N3O/c1-16-20(22-15-17-7-3-2-4-8-17)18-9-5-6-10-19(18)21(23-16)24-11-13-25-14-12-24/h2-10,22H,11-15H2,1H3. The van der Waals surface area contributed by atoms with Crippen molar-refractivity contribution in [3.8, 4) is 0 Å². The van der Waals surface area contributed by atoms with Crippen LogP contribution in [0.15, 0.2) is 54.6 Å². The van der Waals surface area contributed by atoms with Crippen LogP contribution in [0.2, 0.25) is 0 Å². The summed E-state index contributed by atoms with van der Waals surface area (Å²) in [7, 11) is 0. The van der Waals surface area contributed by atoms with Gasteiger partial charge in [-0.15, -0.1) is 0 Å². The molecular formula is C21H23N3O. The van der Waals surface area contributed by atoms with E-state index in [-0.39, 0.29) is 0 Å². The van der Waals surface area contributed by atoms with Gasteiger partial charge >= 0.3 is 0 Å². The molecule has 0 spiro atoms. The fraction of sp³-hybridized carbons (Fsp3) is 0.286. The zero-order valence-electron chi connectivity index (χ0n) is 14.5. The minimum atomic E-state index is 0.767. The largest absolute Gasteiger partial charge is 0.379 e. The molecule has 0 saturated carbocycles. The predicted octanol–water partition coefficient (Wildman–Crippen LogP) is 3.99. The van der Waals surface area contributed by atoms with Crippen molar-refractivity contribution >= 4 is 22.3 Å². The number of aromatic nitrogens is 1. The molecule has 128 valence electrons. The van der Waals surface area contributed by atoms with E-state index in [0.717, 1.165) is 50.0 Å². The monoisotopic (exact) mass is 333 g/mol. The SMILES string of the molecule is Cc1nc(N2CCOCC2)c2ccccc2c1NCc1ccccc1. The fourth-order valence-corrected chi connectivity index (χ4v) is 3.39. The van der Waals surface area contributed by atoms with Gasteiger partial charge in [0.15, 0.2) is 0 Å². The summed E-state index contributed by atoms with van der Waals surface area (Å²) in [6.45, 7) is 6.21. The Morgan fingerprint density at radius 2 is 1.64 bits per heavy atom. The van der Waals surface area contributed by atoms with E-state index in [2.05, 4.69) is 65.7 Å². The number of benzene rings is 2. The van der Waals surface area contributed by atoms with Crippen LogP contribution in [-0.2, 0) is 11.3 Å². The number of nitrogens with zero attached hydrogens (tertiary/aromatic N) is 2. The van der Waals surface area contributed by atoms with Gasteiger partial charge in [-0.2, -0.15) is 0 Å². The molecule has 1 aliphatic rings. The van der Waals surface area contributed by atoms with Crippen LogP contribution < -0.4 is 10.2 Å². The van der Waals surface area contributed by atoms with Crippen molar-refractivity contribution in [3.63, 3.8) is 0 Å². The molecule has 0 radical (unpaired) electrons. The lowest BCUT2D eigenvalue weighted by atomic mass is 10.1. The van der Waals surface area contributed by atoms with Crippen LogP contribution in [0.1, 0.15) is 11.3 Å². The van der Waals surface area contributed by atoms with Gasteiger partial charge in [-0.05, 0) is 12.5 Å².